The van der Waals surface area contributed by atoms with Crippen molar-refractivity contribution in [2.45, 2.75) is 51.5 Å². The predicted molar refractivity (Wildman–Crippen MR) is 129 cm³/mol. The number of likely N-dealkylation sites (N-methyl/N-ethyl adjacent to an activating group) is 1. The molecule has 1 N–H and O–H groups in total. The Kier molecular flexibility index (Phi) is 7.35. The van der Waals surface area contributed by atoms with Crippen molar-refractivity contribution in [1.29, 1.82) is 0 Å². The average molecular weight is 482 g/mol. The van der Waals surface area contributed by atoms with Crippen molar-refractivity contribution < 1.29 is 18.8 Å². The summed E-state index contributed by atoms with van der Waals surface area (Å²) in [7, 11) is 1.70. The molecule has 2 saturated heterocycles. The topological polar surface area (TPSA) is 76.2 Å². The Morgan fingerprint density at radius 2 is 1.80 bits per heavy atom. The Balaban J connectivity index is 1.63. The van der Waals surface area contributed by atoms with E-state index in [4.69, 9.17) is 0 Å². The van der Waals surface area contributed by atoms with Gasteiger partial charge in [0.25, 0.3) is 0 Å². The predicted octanol–water partition coefficient (Wildman–Crippen LogP) is 3.12. The summed E-state index contributed by atoms with van der Waals surface area (Å²) in [6.45, 7) is 4.37. The van der Waals surface area contributed by atoms with E-state index in [1.165, 1.54) is 12.1 Å². The fraction of sp³-hybridized carbons (Fsp3) is 0.423. The molecule has 2 fully saturated rings. The first-order chi connectivity index (χ1) is 16.8. The first kappa shape index (κ1) is 24.7. The van der Waals surface area contributed by atoms with Crippen LogP contribution in [-0.4, -0.2) is 70.0 Å². The van der Waals surface area contributed by atoms with Crippen molar-refractivity contribution >= 4 is 17.8 Å². The minimum absolute atomic E-state index is 0.0102. The highest BCUT2D eigenvalue weighted by molar-refractivity contribution is 5.91. The van der Waals surface area contributed by atoms with Gasteiger partial charge in [-0.25, -0.2) is 19.2 Å². The molecule has 3 atom stereocenters. The Hall–Kier alpha value is -3.46. The zero-order chi connectivity index (χ0) is 25.1. The van der Waals surface area contributed by atoms with Crippen LogP contribution in [0.1, 0.15) is 43.9 Å². The standard InChI is InChI=1S/C26H32FN5O3/c1-4-8-22-25(34)30(18(2)20-11-13-21(27)14-12-20)16-23-31(22)24(33)17-29(3)32(23)26(35)28-15-19-9-6-5-7-10-19/h5-7,9-14,18,22-23H,4,8,15-17H2,1-3H3,(H,28,35)/t18?,22-,23?/m0/s1. The van der Waals surface area contributed by atoms with Crippen LogP contribution in [0.15, 0.2) is 54.6 Å². The van der Waals surface area contributed by atoms with Crippen LogP contribution in [-0.2, 0) is 16.1 Å². The van der Waals surface area contributed by atoms with E-state index >= 15 is 0 Å². The molecule has 0 spiro atoms. The number of carbonyl (C=O) groups is 3. The van der Waals surface area contributed by atoms with Crippen molar-refractivity contribution in [3.63, 3.8) is 0 Å². The lowest BCUT2D eigenvalue weighted by Crippen LogP contribution is -2.76. The van der Waals surface area contributed by atoms with Gasteiger partial charge in [-0.1, -0.05) is 55.8 Å². The number of hydrogen-bond acceptors (Lipinski definition) is 4. The summed E-state index contributed by atoms with van der Waals surface area (Å²) in [6, 6.07) is 14.3. The molecule has 186 valence electrons. The molecule has 2 aliphatic heterocycles. The van der Waals surface area contributed by atoms with E-state index in [1.54, 1.807) is 39.0 Å². The van der Waals surface area contributed by atoms with Gasteiger partial charge in [-0.15, -0.1) is 0 Å². The van der Waals surface area contributed by atoms with Crippen molar-refractivity contribution in [1.82, 2.24) is 25.1 Å². The summed E-state index contributed by atoms with van der Waals surface area (Å²) < 4.78 is 13.5. The molecule has 0 aliphatic carbocycles. The van der Waals surface area contributed by atoms with Gasteiger partial charge in [0.1, 0.15) is 18.0 Å². The smallest absolute Gasteiger partial charge is 0.333 e. The maximum atomic E-state index is 13.6. The summed E-state index contributed by atoms with van der Waals surface area (Å²) in [5.74, 6) is -0.672. The van der Waals surface area contributed by atoms with Crippen LogP contribution >= 0.6 is 0 Å². The Morgan fingerprint density at radius 3 is 2.46 bits per heavy atom. The van der Waals surface area contributed by atoms with Gasteiger partial charge in [0.15, 0.2) is 0 Å². The SMILES string of the molecule is CCC[C@H]1C(=O)N(C(C)c2ccc(F)cc2)CC2N1C(=O)CN(C)N2C(=O)NCc1ccccc1. The second-order valence-corrected chi connectivity index (χ2v) is 9.11. The highest BCUT2D eigenvalue weighted by Gasteiger charge is 2.51. The maximum Gasteiger partial charge on any atom is 0.334 e. The first-order valence-corrected chi connectivity index (χ1v) is 12.0. The van der Waals surface area contributed by atoms with Crippen molar-refractivity contribution in [2.75, 3.05) is 20.1 Å². The molecule has 2 aliphatic rings. The molecule has 2 heterocycles. The molecule has 4 rings (SSSR count). The lowest BCUT2D eigenvalue weighted by molar-refractivity contribution is -0.189. The highest BCUT2D eigenvalue weighted by atomic mass is 19.1. The second-order valence-electron chi connectivity index (χ2n) is 9.11. The van der Waals surface area contributed by atoms with E-state index in [2.05, 4.69) is 5.32 Å². The number of nitrogens with zero attached hydrogens (tertiary/aromatic N) is 4. The number of urea groups is 1. The van der Waals surface area contributed by atoms with Crippen LogP contribution < -0.4 is 5.32 Å². The van der Waals surface area contributed by atoms with E-state index < -0.39 is 12.2 Å². The van der Waals surface area contributed by atoms with Gasteiger partial charge in [-0.3, -0.25) is 9.59 Å². The molecular weight excluding hydrogens is 449 g/mol. The summed E-state index contributed by atoms with van der Waals surface area (Å²) in [4.78, 5) is 43.4. The van der Waals surface area contributed by atoms with Crippen molar-refractivity contribution in [3.8, 4) is 0 Å². The summed E-state index contributed by atoms with van der Waals surface area (Å²) in [5, 5.41) is 6.11. The quantitative estimate of drug-likeness (QED) is 0.688. The maximum absolute atomic E-state index is 13.6. The fourth-order valence-corrected chi connectivity index (χ4v) is 4.94. The van der Waals surface area contributed by atoms with Crippen LogP contribution in [0.2, 0.25) is 0 Å². The van der Waals surface area contributed by atoms with Gasteiger partial charge in [-0.05, 0) is 36.6 Å². The average Bonchev–Trinajstić information content (AvgIpc) is 2.85. The first-order valence-electron chi connectivity index (χ1n) is 12.0. The Bertz CT molecular complexity index is 1060. The normalized spacial score (nSPS) is 21.7. The van der Waals surface area contributed by atoms with Gasteiger partial charge in [0.2, 0.25) is 11.8 Å². The minimum atomic E-state index is -0.660. The van der Waals surface area contributed by atoms with E-state index in [1.807, 2.05) is 44.2 Å². The fourth-order valence-electron chi connectivity index (χ4n) is 4.94. The van der Waals surface area contributed by atoms with E-state index in [0.29, 0.717) is 19.4 Å². The Morgan fingerprint density at radius 1 is 1.11 bits per heavy atom. The van der Waals surface area contributed by atoms with Gasteiger partial charge in [0, 0.05) is 13.6 Å². The third-order valence-electron chi connectivity index (χ3n) is 6.76. The molecule has 8 nitrogen and oxygen atoms in total. The molecule has 4 amide bonds. The Labute approximate surface area is 205 Å². The monoisotopic (exact) mass is 481 g/mol. The van der Waals surface area contributed by atoms with Gasteiger partial charge in [-0.2, -0.15) is 0 Å². The number of hydrazine groups is 1. The molecule has 0 aromatic heterocycles. The number of nitrogens with one attached hydrogen (secondary N) is 1. The van der Waals surface area contributed by atoms with E-state index in [9.17, 15) is 18.8 Å². The highest BCUT2D eigenvalue weighted by Crippen LogP contribution is 2.32. The van der Waals surface area contributed by atoms with Gasteiger partial charge < -0.3 is 15.1 Å². The molecule has 9 heteroatoms. The number of piperazine rings is 1. The number of rotatable bonds is 6. The lowest BCUT2D eigenvalue weighted by Gasteiger charge is -2.55. The summed E-state index contributed by atoms with van der Waals surface area (Å²) in [6.07, 6.45) is 0.563. The zero-order valence-corrected chi connectivity index (χ0v) is 20.4. The molecule has 0 radical (unpaired) electrons. The number of carbonyl (C=O) groups excluding carboxylic acids is 3. The number of benzene rings is 2. The van der Waals surface area contributed by atoms with Crippen LogP contribution in [0.3, 0.4) is 0 Å². The van der Waals surface area contributed by atoms with Crippen molar-refractivity contribution in [3.05, 3.63) is 71.5 Å². The second kappa shape index (κ2) is 10.4. The third kappa shape index (κ3) is 5.00. The molecule has 2 unspecified atom stereocenters. The summed E-state index contributed by atoms with van der Waals surface area (Å²) >= 11 is 0. The van der Waals surface area contributed by atoms with Crippen LogP contribution in [0.4, 0.5) is 9.18 Å². The minimum Gasteiger partial charge on any atom is -0.333 e. The third-order valence-corrected chi connectivity index (χ3v) is 6.76. The molecule has 0 saturated carbocycles. The molecule has 35 heavy (non-hydrogen) atoms. The van der Waals surface area contributed by atoms with Gasteiger partial charge >= 0.3 is 6.03 Å². The number of halogens is 1. The van der Waals surface area contributed by atoms with Gasteiger partial charge in [0.05, 0.1) is 19.1 Å². The van der Waals surface area contributed by atoms with Crippen molar-refractivity contribution in [2.24, 2.45) is 0 Å². The number of amides is 4. The summed E-state index contributed by atoms with van der Waals surface area (Å²) in [5.41, 5.74) is 1.75. The van der Waals surface area contributed by atoms with Crippen LogP contribution in [0.5, 0.6) is 0 Å². The molecule has 2 aromatic carbocycles. The van der Waals surface area contributed by atoms with E-state index in [0.717, 1.165) is 11.1 Å². The molecular formula is C26H32FN5O3. The van der Waals surface area contributed by atoms with Crippen LogP contribution in [0.25, 0.3) is 0 Å². The largest absolute Gasteiger partial charge is 0.334 e. The van der Waals surface area contributed by atoms with Crippen LogP contribution in [0, 0.1) is 5.82 Å². The molecule has 2 aromatic rings. The van der Waals surface area contributed by atoms with E-state index in [-0.39, 0.29) is 42.8 Å². The lowest BCUT2D eigenvalue weighted by atomic mass is 9.98. The number of hydrogen-bond donors (Lipinski definition) is 1. The zero-order valence-electron chi connectivity index (χ0n) is 20.4. The number of fused-ring (bicyclic) bond motifs is 1. The molecule has 0 bridgehead atoms.